The number of ether oxygens (including phenoxy) is 1. The Morgan fingerprint density at radius 1 is 1.52 bits per heavy atom. The third-order valence-corrected chi connectivity index (χ3v) is 3.77. The van der Waals surface area contributed by atoms with Gasteiger partial charge in [-0.15, -0.1) is 0 Å². The molecule has 2 rings (SSSR count). The molecule has 0 aromatic heterocycles. The fraction of sp³-hybridized carbons (Fsp3) is 0.538. The van der Waals surface area contributed by atoms with Gasteiger partial charge in [-0.2, -0.15) is 4.39 Å². The Morgan fingerprint density at radius 2 is 2.24 bits per heavy atom. The maximum absolute atomic E-state index is 13.7. The van der Waals surface area contributed by atoms with Crippen LogP contribution in [0.15, 0.2) is 12.1 Å². The Hall–Kier alpha value is -1.80. The smallest absolute Gasteiger partial charge is 0.328 e. The van der Waals surface area contributed by atoms with Gasteiger partial charge in [0, 0.05) is 38.4 Å². The highest BCUT2D eigenvalue weighted by molar-refractivity contribution is 5.65. The Morgan fingerprint density at radius 3 is 2.81 bits per heavy atom. The van der Waals surface area contributed by atoms with Gasteiger partial charge in [-0.05, 0) is 12.8 Å². The number of benzene rings is 1. The normalized spacial score (nSPS) is 22.4. The number of piperidine rings is 1. The molecule has 2 N–H and O–H groups in total. The van der Waals surface area contributed by atoms with Crippen LogP contribution in [-0.2, 0) is 4.74 Å². The van der Waals surface area contributed by atoms with Gasteiger partial charge in [0.2, 0.25) is 5.82 Å². The molecule has 0 aliphatic carbocycles. The first-order chi connectivity index (χ1) is 9.97. The summed E-state index contributed by atoms with van der Waals surface area (Å²) in [7, 11) is 1.58. The van der Waals surface area contributed by atoms with E-state index in [2.05, 4.69) is 0 Å². The Kier molecular flexibility index (Phi) is 4.69. The molecule has 1 aliphatic rings. The van der Waals surface area contributed by atoms with Crippen LogP contribution >= 0.6 is 0 Å². The summed E-state index contributed by atoms with van der Waals surface area (Å²) in [5, 5.41) is 11.1. The topological polar surface area (TPSA) is 81.6 Å². The number of nitrogens with zero attached hydrogens (tertiary/aromatic N) is 2. The van der Waals surface area contributed by atoms with Crippen LogP contribution in [0.3, 0.4) is 0 Å². The standard InChI is InChI=1S/C13H17F2N3O3/c1-21-10-2-3-17(9(6-10)7-16)12-5-8(14)4-11(15)13(12)18(19)20/h4-5,9-10H,2-3,6-7,16H2,1H3. The maximum Gasteiger partial charge on any atom is 0.328 e. The van der Waals surface area contributed by atoms with E-state index in [1.165, 1.54) is 0 Å². The summed E-state index contributed by atoms with van der Waals surface area (Å²) in [5.41, 5.74) is 4.91. The lowest BCUT2D eigenvalue weighted by Crippen LogP contribution is -2.49. The van der Waals surface area contributed by atoms with E-state index in [4.69, 9.17) is 10.5 Å². The van der Waals surface area contributed by atoms with E-state index in [9.17, 15) is 18.9 Å². The van der Waals surface area contributed by atoms with Gasteiger partial charge in [-0.25, -0.2) is 4.39 Å². The lowest BCUT2D eigenvalue weighted by molar-refractivity contribution is -0.386. The SMILES string of the molecule is COC1CCN(c2cc(F)cc(F)c2[N+](=O)[O-])C(CN)C1. The van der Waals surface area contributed by atoms with E-state index in [0.717, 1.165) is 6.07 Å². The quantitative estimate of drug-likeness (QED) is 0.677. The molecule has 0 amide bonds. The van der Waals surface area contributed by atoms with Crippen LogP contribution in [0.4, 0.5) is 20.2 Å². The first kappa shape index (κ1) is 15.6. The van der Waals surface area contributed by atoms with Crippen LogP contribution in [-0.4, -0.2) is 37.3 Å². The summed E-state index contributed by atoms with van der Waals surface area (Å²) >= 11 is 0. The lowest BCUT2D eigenvalue weighted by atomic mass is 9.98. The molecular formula is C13H17F2N3O3. The van der Waals surface area contributed by atoms with Crippen molar-refractivity contribution in [2.45, 2.75) is 25.0 Å². The second-order valence-corrected chi connectivity index (χ2v) is 4.98. The first-order valence-corrected chi connectivity index (χ1v) is 6.60. The molecule has 1 heterocycles. The van der Waals surface area contributed by atoms with Gasteiger partial charge >= 0.3 is 5.69 Å². The molecule has 1 aromatic rings. The summed E-state index contributed by atoms with van der Waals surface area (Å²) in [6.07, 6.45) is 1.16. The fourth-order valence-electron chi connectivity index (χ4n) is 2.72. The molecular weight excluding hydrogens is 284 g/mol. The average Bonchev–Trinajstić information content (AvgIpc) is 2.45. The molecule has 21 heavy (non-hydrogen) atoms. The van der Waals surface area contributed by atoms with Crippen molar-refractivity contribution >= 4 is 11.4 Å². The van der Waals surface area contributed by atoms with Crippen molar-refractivity contribution in [1.29, 1.82) is 0 Å². The van der Waals surface area contributed by atoms with Crippen LogP contribution in [0, 0.1) is 21.7 Å². The molecule has 0 spiro atoms. The van der Waals surface area contributed by atoms with Gasteiger partial charge in [0.15, 0.2) is 0 Å². The molecule has 1 saturated heterocycles. The second kappa shape index (κ2) is 6.31. The Bertz CT molecular complexity index is 542. The molecule has 2 atom stereocenters. The molecule has 0 saturated carbocycles. The number of hydrogen-bond donors (Lipinski definition) is 1. The third-order valence-electron chi connectivity index (χ3n) is 3.77. The zero-order valence-electron chi connectivity index (χ0n) is 11.6. The van der Waals surface area contributed by atoms with Crippen LogP contribution in [0.1, 0.15) is 12.8 Å². The van der Waals surface area contributed by atoms with Crippen molar-refractivity contribution in [2.75, 3.05) is 25.1 Å². The van der Waals surface area contributed by atoms with Crippen LogP contribution in [0.25, 0.3) is 0 Å². The van der Waals surface area contributed by atoms with Crippen molar-refractivity contribution in [3.05, 3.63) is 33.9 Å². The number of nitro benzene ring substituents is 1. The van der Waals surface area contributed by atoms with Gasteiger partial charge in [-0.3, -0.25) is 10.1 Å². The number of halogens is 2. The molecule has 2 unspecified atom stereocenters. The number of rotatable bonds is 4. The first-order valence-electron chi connectivity index (χ1n) is 6.60. The minimum absolute atomic E-state index is 0.00716. The van der Waals surface area contributed by atoms with E-state index < -0.39 is 22.2 Å². The lowest BCUT2D eigenvalue weighted by Gasteiger charge is -2.39. The molecule has 8 heteroatoms. The summed E-state index contributed by atoms with van der Waals surface area (Å²) in [6.45, 7) is 0.610. The highest BCUT2D eigenvalue weighted by Crippen LogP contribution is 2.35. The number of nitro groups is 1. The zero-order valence-corrected chi connectivity index (χ0v) is 11.6. The predicted molar refractivity (Wildman–Crippen MR) is 73.2 cm³/mol. The van der Waals surface area contributed by atoms with Crippen LogP contribution in [0.2, 0.25) is 0 Å². The summed E-state index contributed by atoms with van der Waals surface area (Å²) in [6, 6.07) is 1.24. The van der Waals surface area contributed by atoms with Crippen molar-refractivity contribution in [3.8, 4) is 0 Å². The minimum atomic E-state index is -1.18. The Balaban J connectivity index is 2.42. The molecule has 1 aromatic carbocycles. The van der Waals surface area contributed by atoms with E-state index >= 15 is 0 Å². The van der Waals surface area contributed by atoms with Gasteiger partial charge in [0.25, 0.3) is 0 Å². The van der Waals surface area contributed by atoms with Crippen LogP contribution in [0.5, 0.6) is 0 Å². The Labute approximate surface area is 120 Å². The molecule has 116 valence electrons. The molecule has 0 radical (unpaired) electrons. The number of nitrogens with two attached hydrogens (primary N) is 1. The third kappa shape index (κ3) is 3.11. The van der Waals surface area contributed by atoms with Gasteiger partial charge in [0.1, 0.15) is 11.5 Å². The second-order valence-electron chi connectivity index (χ2n) is 4.98. The molecule has 0 bridgehead atoms. The maximum atomic E-state index is 13.7. The fourth-order valence-corrected chi connectivity index (χ4v) is 2.72. The largest absolute Gasteiger partial charge is 0.381 e. The van der Waals surface area contributed by atoms with Gasteiger partial charge < -0.3 is 15.4 Å². The number of anilines is 1. The van der Waals surface area contributed by atoms with Gasteiger partial charge in [-0.1, -0.05) is 0 Å². The van der Waals surface area contributed by atoms with E-state index in [0.29, 0.717) is 25.5 Å². The molecule has 1 fully saturated rings. The summed E-state index contributed by atoms with van der Waals surface area (Å²) < 4.78 is 32.4. The molecule has 1 aliphatic heterocycles. The van der Waals surface area contributed by atoms with Crippen molar-refractivity contribution in [3.63, 3.8) is 0 Å². The van der Waals surface area contributed by atoms with Crippen molar-refractivity contribution in [1.82, 2.24) is 0 Å². The van der Waals surface area contributed by atoms with Crippen LogP contribution < -0.4 is 10.6 Å². The number of hydrogen-bond acceptors (Lipinski definition) is 5. The zero-order chi connectivity index (χ0) is 15.6. The highest BCUT2D eigenvalue weighted by atomic mass is 19.1. The highest BCUT2D eigenvalue weighted by Gasteiger charge is 2.33. The number of methoxy groups -OCH3 is 1. The van der Waals surface area contributed by atoms with E-state index in [1.54, 1.807) is 12.0 Å². The average molecular weight is 301 g/mol. The predicted octanol–water partition coefficient (Wildman–Crippen LogP) is 1.82. The van der Waals surface area contributed by atoms with Gasteiger partial charge in [0.05, 0.1) is 11.0 Å². The summed E-state index contributed by atoms with van der Waals surface area (Å²) in [4.78, 5) is 11.8. The minimum Gasteiger partial charge on any atom is -0.381 e. The van der Waals surface area contributed by atoms with Crippen molar-refractivity contribution in [2.24, 2.45) is 5.73 Å². The summed E-state index contributed by atoms with van der Waals surface area (Å²) in [5.74, 6) is -2.03. The monoisotopic (exact) mass is 301 g/mol. The van der Waals surface area contributed by atoms with E-state index in [1.807, 2.05) is 0 Å². The van der Waals surface area contributed by atoms with Crippen molar-refractivity contribution < 1.29 is 18.4 Å². The molecule has 6 nitrogen and oxygen atoms in total. The van der Waals surface area contributed by atoms with E-state index in [-0.39, 0.29) is 24.4 Å².